The lowest BCUT2D eigenvalue weighted by molar-refractivity contribution is 0.325. The predicted octanol–water partition coefficient (Wildman–Crippen LogP) is 5.42. The number of aromatic nitrogens is 2. The van der Waals surface area contributed by atoms with E-state index in [4.69, 9.17) is 5.10 Å². The van der Waals surface area contributed by atoms with Gasteiger partial charge in [-0.2, -0.15) is 15.6 Å². The highest BCUT2D eigenvalue weighted by atomic mass is 35.5. The third-order valence-corrected chi connectivity index (χ3v) is 8.02. The van der Waals surface area contributed by atoms with Crippen molar-refractivity contribution >= 4 is 66.3 Å². The quantitative estimate of drug-likeness (QED) is 0.338. The summed E-state index contributed by atoms with van der Waals surface area (Å²) in [6, 6.07) is 11.1. The molecule has 0 bridgehead atoms. The summed E-state index contributed by atoms with van der Waals surface area (Å²) in [7, 11) is 0. The monoisotopic (exact) mass is 628 g/mol. The van der Waals surface area contributed by atoms with Gasteiger partial charge in [-0.3, -0.25) is 4.68 Å². The molecule has 1 aromatic heterocycles. The number of rotatable bonds is 6. The van der Waals surface area contributed by atoms with Gasteiger partial charge in [-0.05, 0) is 95.2 Å². The van der Waals surface area contributed by atoms with Gasteiger partial charge < -0.3 is 21.3 Å². The lowest BCUT2D eigenvalue weighted by Gasteiger charge is -2.26. The van der Waals surface area contributed by atoms with E-state index in [0.717, 1.165) is 85.8 Å². The maximum absolute atomic E-state index is 9.96. The number of nitriles is 2. The fourth-order valence-electron chi connectivity index (χ4n) is 5.91. The van der Waals surface area contributed by atoms with E-state index in [9.17, 15) is 10.5 Å². The standard InChI is InChI=1S/C28H36N8.4ClH/c1-18-24(14-29)27(25(15-30)19(2)34-18)22-3-4-26-23(13-22)28(33-16-20-5-9-31-10-6-20)35-36(26)17-21-7-11-32-12-8-21;;;;/h3-4,13,20-21,27,31-32,34H,5-12,16-17H2,1-2H3,(H,33,35);4*1H. The van der Waals surface area contributed by atoms with Gasteiger partial charge in [-0.25, -0.2) is 0 Å². The highest BCUT2D eigenvalue weighted by Gasteiger charge is 2.30. The number of hydrogen-bond donors (Lipinski definition) is 4. The summed E-state index contributed by atoms with van der Waals surface area (Å²) in [5, 5.41) is 39.8. The number of hydrogen-bond acceptors (Lipinski definition) is 7. The summed E-state index contributed by atoms with van der Waals surface area (Å²) in [5.74, 6) is 1.79. The lowest BCUT2D eigenvalue weighted by atomic mass is 9.81. The molecule has 0 unspecified atom stereocenters. The molecule has 2 aromatic rings. The number of nitrogens with zero attached hydrogens (tertiary/aromatic N) is 4. The van der Waals surface area contributed by atoms with E-state index in [2.05, 4.69) is 56.3 Å². The van der Waals surface area contributed by atoms with Gasteiger partial charge >= 0.3 is 0 Å². The number of halogens is 4. The Hall–Kier alpha value is -2.17. The first-order valence-electron chi connectivity index (χ1n) is 13.2. The average Bonchev–Trinajstić information content (AvgIpc) is 3.24. The molecule has 3 aliphatic heterocycles. The van der Waals surface area contributed by atoms with E-state index in [1.54, 1.807) is 0 Å². The fourth-order valence-corrected chi connectivity index (χ4v) is 5.91. The molecular formula is C28H40Cl4N8. The Morgan fingerprint density at radius 3 is 1.98 bits per heavy atom. The van der Waals surface area contributed by atoms with E-state index in [-0.39, 0.29) is 55.5 Å². The van der Waals surface area contributed by atoms with Crippen molar-refractivity contribution in [3.63, 3.8) is 0 Å². The Labute approximate surface area is 262 Å². The largest absolute Gasteiger partial charge is 0.368 e. The average molecular weight is 630 g/mol. The first-order chi connectivity index (χ1) is 17.6. The second-order valence-corrected chi connectivity index (χ2v) is 10.4. The van der Waals surface area contributed by atoms with Crippen LogP contribution in [0.2, 0.25) is 0 Å². The fraction of sp³-hybridized carbons (Fsp3) is 0.536. The summed E-state index contributed by atoms with van der Waals surface area (Å²) in [4.78, 5) is 0. The van der Waals surface area contributed by atoms with Crippen LogP contribution in [0.3, 0.4) is 0 Å². The Morgan fingerprint density at radius 1 is 0.875 bits per heavy atom. The number of anilines is 1. The van der Waals surface area contributed by atoms with E-state index >= 15 is 0 Å². The molecule has 1 aromatic carbocycles. The van der Waals surface area contributed by atoms with Gasteiger partial charge in [-0.1, -0.05) is 6.07 Å². The molecular weight excluding hydrogens is 590 g/mol. The summed E-state index contributed by atoms with van der Waals surface area (Å²) in [6.45, 7) is 9.90. The molecule has 220 valence electrons. The second kappa shape index (κ2) is 16.3. The Balaban J connectivity index is 0.00000200. The number of nitrogens with one attached hydrogen (secondary N) is 4. The van der Waals surface area contributed by atoms with Crippen molar-refractivity contribution in [2.45, 2.75) is 52.0 Å². The zero-order chi connectivity index (χ0) is 25.1. The molecule has 0 atom stereocenters. The van der Waals surface area contributed by atoms with Crippen LogP contribution in [0.4, 0.5) is 5.82 Å². The maximum atomic E-state index is 9.96. The smallest absolute Gasteiger partial charge is 0.155 e. The van der Waals surface area contributed by atoms with E-state index < -0.39 is 0 Å². The van der Waals surface area contributed by atoms with Crippen LogP contribution < -0.4 is 21.3 Å². The molecule has 2 fully saturated rings. The van der Waals surface area contributed by atoms with Crippen molar-refractivity contribution in [2.75, 3.05) is 38.0 Å². The van der Waals surface area contributed by atoms with Crippen LogP contribution in [-0.2, 0) is 6.54 Å². The molecule has 12 heteroatoms. The summed E-state index contributed by atoms with van der Waals surface area (Å²) < 4.78 is 2.17. The van der Waals surface area contributed by atoms with Crippen LogP contribution in [-0.4, -0.2) is 42.5 Å². The number of fused-ring (bicyclic) bond motifs is 1. The minimum Gasteiger partial charge on any atom is -0.368 e. The van der Waals surface area contributed by atoms with Gasteiger partial charge in [-0.15, -0.1) is 49.6 Å². The first-order valence-corrected chi connectivity index (χ1v) is 13.2. The Kier molecular flexibility index (Phi) is 14.6. The predicted molar refractivity (Wildman–Crippen MR) is 171 cm³/mol. The molecule has 0 spiro atoms. The van der Waals surface area contributed by atoms with Gasteiger partial charge in [0.1, 0.15) is 0 Å². The zero-order valence-corrected chi connectivity index (χ0v) is 26.2. The van der Waals surface area contributed by atoms with Crippen LogP contribution >= 0.6 is 49.6 Å². The highest BCUT2D eigenvalue weighted by Crippen LogP contribution is 2.39. The van der Waals surface area contributed by atoms with Gasteiger partial charge in [0.15, 0.2) is 5.82 Å². The van der Waals surface area contributed by atoms with Gasteiger partial charge in [0, 0.05) is 29.9 Å². The SMILES string of the molecule is CC1=C(C#N)C(c2ccc3c(c2)c(NCC2CCNCC2)nn3CC2CCNCC2)C(C#N)=C(C)N1.Cl.Cl.Cl.Cl. The molecule has 3 aliphatic rings. The van der Waals surface area contributed by atoms with E-state index in [1.165, 1.54) is 12.8 Å². The minimum absolute atomic E-state index is 0. The molecule has 8 nitrogen and oxygen atoms in total. The summed E-state index contributed by atoms with van der Waals surface area (Å²) >= 11 is 0. The van der Waals surface area contributed by atoms with Crippen LogP contribution in [0.5, 0.6) is 0 Å². The van der Waals surface area contributed by atoms with E-state index in [0.29, 0.717) is 23.0 Å². The van der Waals surface area contributed by atoms with Crippen LogP contribution in [0.1, 0.15) is 51.0 Å². The van der Waals surface area contributed by atoms with Crippen molar-refractivity contribution in [1.82, 2.24) is 25.7 Å². The van der Waals surface area contributed by atoms with Crippen LogP contribution in [0.15, 0.2) is 40.7 Å². The highest BCUT2D eigenvalue weighted by molar-refractivity contribution is 5.91. The Morgan fingerprint density at radius 2 is 1.43 bits per heavy atom. The number of dihydropyridines is 1. The van der Waals surface area contributed by atoms with Crippen molar-refractivity contribution in [1.29, 1.82) is 10.5 Å². The van der Waals surface area contributed by atoms with Gasteiger partial charge in [0.05, 0.1) is 34.7 Å². The third kappa shape index (κ3) is 7.56. The molecule has 2 saturated heterocycles. The third-order valence-electron chi connectivity index (χ3n) is 8.02. The molecule has 5 rings (SSSR count). The zero-order valence-electron chi connectivity index (χ0n) is 23.0. The molecule has 0 aliphatic carbocycles. The summed E-state index contributed by atoms with van der Waals surface area (Å²) in [6.07, 6.45) is 4.67. The normalized spacial score (nSPS) is 18.3. The molecule has 4 heterocycles. The molecule has 0 radical (unpaired) electrons. The second-order valence-electron chi connectivity index (χ2n) is 10.4. The molecule has 0 amide bonds. The first kappa shape index (κ1) is 35.9. The molecule has 40 heavy (non-hydrogen) atoms. The summed E-state index contributed by atoms with van der Waals surface area (Å²) in [5.41, 5.74) is 4.89. The maximum Gasteiger partial charge on any atom is 0.155 e. The van der Waals surface area contributed by atoms with Crippen molar-refractivity contribution < 1.29 is 0 Å². The van der Waals surface area contributed by atoms with Gasteiger partial charge in [0.25, 0.3) is 0 Å². The van der Waals surface area contributed by atoms with Crippen molar-refractivity contribution in [3.05, 3.63) is 46.3 Å². The van der Waals surface area contributed by atoms with Crippen LogP contribution in [0.25, 0.3) is 10.9 Å². The van der Waals surface area contributed by atoms with E-state index in [1.807, 2.05) is 13.8 Å². The van der Waals surface area contributed by atoms with Gasteiger partial charge in [0.2, 0.25) is 0 Å². The molecule has 4 N–H and O–H groups in total. The van der Waals surface area contributed by atoms with Crippen molar-refractivity contribution in [3.8, 4) is 12.1 Å². The minimum atomic E-state index is -0.365. The number of piperidine rings is 2. The Bertz CT molecular complexity index is 1240. The number of allylic oxidation sites excluding steroid dienone is 4. The van der Waals surface area contributed by atoms with Crippen molar-refractivity contribution in [2.24, 2.45) is 11.8 Å². The molecule has 0 saturated carbocycles. The lowest BCUT2D eigenvalue weighted by Crippen LogP contribution is -2.31. The topological polar surface area (TPSA) is 114 Å². The van der Waals surface area contributed by atoms with Crippen LogP contribution in [0, 0.1) is 34.5 Å². The number of benzene rings is 1.